The van der Waals surface area contributed by atoms with E-state index in [-0.39, 0.29) is 37.3 Å². The van der Waals surface area contributed by atoms with Crippen LogP contribution in [0.4, 0.5) is 4.39 Å². The van der Waals surface area contributed by atoms with E-state index in [0.29, 0.717) is 44.6 Å². The highest BCUT2D eigenvalue weighted by Gasteiger charge is 2.43. The van der Waals surface area contributed by atoms with Crippen LogP contribution >= 0.6 is 0 Å². The first-order valence-electron chi connectivity index (χ1n) is 15.0. The Hall–Kier alpha value is -3.76. The molecular weight excluding hydrogens is 585 g/mol. The van der Waals surface area contributed by atoms with E-state index in [9.17, 15) is 22.4 Å². The highest BCUT2D eigenvalue weighted by atomic mass is 32.2. The van der Waals surface area contributed by atoms with Crippen LogP contribution in [-0.4, -0.2) is 55.6 Å². The molecule has 44 heavy (non-hydrogen) atoms. The number of sulfone groups is 1. The molecule has 1 heterocycles. The number of amides is 1. The van der Waals surface area contributed by atoms with Crippen LogP contribution in [0.5, 0.6) is 5.75 Å². The van der Waals surface area contributed by atoms with E-state index in [0.717, 1.165) is 24.0 Å². The second kappa shape index (κ2) is 16.9. The molecule has 0 saturated carbocycles. The topological polar surface area (TPSA) is 99.2 Å². The van der Waals surface area contributed by atoms with Crippen molar-refractivity contribution in [3.05, 3.63) is 102 Å². The average molecular weight is 626 g/mol. The molecule has 236 valence electrons. The Balaban J connectivity index is 1.24. The molecule has 0 aromatic heterocycles. The normalized spacial score (nSPS) is 16.5. The summed E-state index contributed by atoms with van der Waals surface area (Å²) in [6, 6.07) is 24.8. The third-order valence-corrected chi connectivity index (χ3v) is 9.46. The minimum absolute atomic E-state index is 0.146. The first kappa shape index (κ1) is 33.1. The van der Waals surface area contributed by atoms with E-state index in [1.807, 2.05) is 60.7 Å². The maximum Gasteiger partial charge on any atom is 0.306 e. The van der Waals surface area contributed by atoms with Gasteiger partial charge in [-0.2, -0.15) is 0 Å². The smallest absolute Gasteiger partial charge is 0.306 e. The molecular formula is C34H40FNO7S. The number of hydrogen-bond donors (Lipinski definition) is 0. The zero-order valence-corrected chi connectivity index (χ0v) is 25.6. The highest BCUT2D eigenvalue weighted by Crippen LogP contribution is 2.26. The van der Waals surface area contributed by atoms with Crippen molar-refractivity contribution >= 4 is 21.7 Å². The van der Waals surface area contributed by atoms with Crippen molar-refractivity contribution in [3.63, 3.8) is 0 Å². The SMILES string of the molecule is O=C(CCCCCCN1C(=O)CS(=O)(=O)C1CCC(COc1ccc(F)cc1)OCc1ccccc1)OCc1ccccc1. The van der Waals surface area contributed by atoms with Crippen LogP contribution < -0.4 is 4.74 Å². The minimum atomic E-state index is -3.63. The molecule has 3 aromatic carbocycles. The number of carbonyl (C=O) groups excluding carboxylic acids is 2. The van der Waals surface area contributed by atoms with Crippen LogP contribution in [-0.2, 0) is 42.1 Å². The van der Waals surface area contributed by atoms with Crippen LogP contribution in [0.25, 0.3) is 0 Å². The maximum absolute atomic E-state index is 13.3. The lowest BCUT2D eigenvalue weighted by molar-refractivity contribution is -0.145. The third-order valence-electron chi connectivity index (χ3n) is 7.49. The first-order valence-corrected chi connectivity index (χ1v) is 16.8. The first-order chi connectivity index (χ1) is 21.3. The Bertz CT molecular complexity index is 1420. The van der Waals surface area contributed by atoms with Crippen molar-refractivity contribution < 1.29 is 36.6 Å². The van der Waals surface area contributed by atoms with E-state index in [1.54, 1.807) is 0 Å². The van der Waals surface area contributed by atoms with Gasteiger partial charge in [-0.15, -0.1) is 0 Å². The van der Waals surface area contributed by atoms with Gasteiger partial charge in [-0.1, -0.05) is 73.5 Å². The second-order valence-corrected chi connectivity index (χ2v) is 13.1. The van der Waals surface area contributed by atoms with Crippen molar-refractivity contribution in [1.29, 1.82) is 0 Å². The molecule has 2 unspecified atom stereocenters. The number of nitrogens with zero attached hydrogens (tertiary/aromatic N) is 1. The van der Waals surface area contributed by atoms with Crippen molar-refractivity contribution in [2.45, 2.75) is 69.6 Å². The Kier molecular flexibility index (Phi) is 12.7. The Morgan fingerprint density at radius 2 is 1.50 bits per heavy atom. The molecule has 2 atom stereocenters. The standard InChI is InChI=1S/C34H40FNO7S/c35-29-16-18-30(19-17-29)42-25-31(41-23-27-11-5-3-6-12-27)20-21-33-36(32(37)26-44(33,39)40)22-10-2-1-9-15-34(38)43-24-28-13-7-4-8-14-28/h3-8,11-14,16-19,31,33H,1-2,9-10,15,20-26H2. The highest BCUT2D eigenvalue weighted by molar-refractivity contribution is 7.93. The summed E-state index contributed by atoms with van der Waals surface area (Å²) in [5, 5.41) is -0.920. The summed E-state index contributed by atoms with van der Waals surface area (Å²) in [4.78, 5) is 26.2. The molecule has 0 bridgehead atoms. The molecule has 4 rings (SSSR count). The Morgan fingerprint density at radius 3 is 2.18 bits per heavy atom. The molecule has 1 fully saturated rings. The van der Waals surface area contributed by atoms with Crippen LogP contribution in [0.3, 0.4) is 0 Å². The molecule has 1 amide bonds. The van der Waals surface area contributed by atoms with Crippen LogP contribution in [0.15, 0.2) is 84.9 Å². The summed E-state index contributed by atoms with van der Waals surface area (Å²) in [5.41, 5.74) is 1.91. The molecule has 1 aliphatic rings. The summed E-state index contributed by atoms with van der Waals surface area (Å²) < 4.78 is 56.4. The lowest BCUT2D eigenvalue weighted by Gasteiger charge is -2.26. The van der Waals surface area contributed by atoms with Gasteiger partial charge >= 0.3 is 5.97 Å². The van der Waals surface area contributed by atoms with E-state index >= 15 is 0 Å². The number of halogens is 1. The lowest BCUT2D eigenvalue weighted by Crippen LogP contribution is -2.37. The van der Waals surface area contributed by atoms with Gasteiger partial charge in [0.1, 0.15) is 35.9 Å². The van der Waals surface area contributed by atoms with Crippen molar-refractivity contribution in [2.75, 3.05) is 18.9 Å². The fourth-order valence-electron chi connectivity index (χ4n) is 5.08. The van der Waals surface area contributed by atoms with Gasteiger partial charge in [0.15, 0.2) is 9.84 Å². The number of esters is 1. The van der Waals surface area contributed by atoms with Crippen molar-refractivity contribution in [3.8, 4) is 5.75 Å². The number of rotatable bonds is 18. The van der Waals surface area contributed by atoms with Gasteiger partial charge in [-0.05, 0) is 61.1 Å². The largest absolute Gasteiger partial charge is 0.491 e. The fourth-order valence-corrected chi connectivity index (χ4v) is 6.88. The minimum Gasteiger partial charge on any atom is -0.491 e. The van der Waals surface area contributed by atoms with Crippen molar-refractivity contribution in [1.82, 2.24) is 4.90 Å². The van der Waals surface area contributed by atoms with Crippen LogP contribution in [0.2, 0.25) is 0 Å². The summed E-state index contributed by atoms with van der Waals surface area (Å²) in [5.74, 6) is -1.01. The van der Waals surface area contributed by atoms with E-state index in [2.05, 4.69) is 0 Å². The molecule has 1 aliphatic heterocycles. The molecule has 0 spiro atoms. The number of unbranched alkanes of at least 4 members (excludes halogenated alkanes) is 3. The van der Waals surface area contributed by atoms with Gasteiger partial charge in [0.25, 0.3) is 0 Å². The van der Waals surface area contributed by atoms with Gasteiger partial charge in [-0.25, -0.2) is 12.8 Å². The lowest BCUT2D eigenvalue weighted by atomic mass is 10.1. The zero-order chi connectivity index (χ0) is 31.2. The summed E-state index contributed by atoms with van der Waals surface area (Å²) >= 11 is 0. The van der Waals surface area contributed by atoms with Gasteiger partial charge < -0.3 is 19.1 Å². The van der Waals surface area contributed by atoms with Gasteiger partial charge in [0.2, 0.25) is 5.91 Å². The summed E-state index contributed by atoms with van der Waals surface area (Å²) in [7, 11) is -3.63. The van der Waals surface area contributed by atoms with Crippen LogP contribution in [0, 0.1) is 5.82 Å². The predicted molar refractivity (Wildman–Crippen MR) is 165 cm³/mol. The van der Waals surface area contributed by atoms with Gasteiger partial charge in [0, 0.05) is 13.0 Å². The number of ether oxygens (including phenoxy) is 3. The van der Waals surface area contributed by atoms with E-state index in [4.69, 9.17) is 14.2 Å². The van der Waals surface area contributed by atoms with Crippen molar-refractivity contribution in [2.24, 2.45) is 0 Å². The molecule has 1 saturated heterocycles. The number of carbonyl (C=O) groups is 2. The Labute approximate surface area is 259 Å². The molecule has 0 aliphatic carbocycles. The molecule has 10 heteroatoms. The number of hydrogen-bond acceptors (Lipinski definition) is 7. The Morgan fingerprint density at radius 1 is 0.864 bits per heavy atom. The molecule has 0 radical (unpaired) electrons. The average Bonchev–Trinajstić information content (AvgIpc) is 3.25. The predicted octanol–water partition coefficient (Wildman–Crippen LogP) is 5.85. The van der Waals surface area contributed by atoms with E-state index < -0.39 is 27.1 Å². The van der Waals surface area contributed by atoms with Gasteiger partial charge in [-0.3, -0.25) is 9.59 Å². The third kappa shape index (κ3) is 10.7. The quantitative estimate of drug-likeness (QED) is 0.129. The number of benzene rings is 3. The maximum atomic E-state index is 13.3. The second-order valence-electron chi connectivity index (χ2n) is 10.9. The molecule has 8 nitrogen and oxygen atoms in total. The summed E-state index contributed by atoms with van der Waals surface area (Å²) in [6.07, 6.45) is 3.27. The molecule has 3 aromatic rings. The van der Waals surface area contributed by atoms with Crippen LogP contribution in [0.1, 0.15) is 56.1 Å². The van der Waals surface area contributed by atoms with E-state index in [1.165, 1.54) is 29.2 Å². The monoisotopic (exact) mass is 625 g/mol. The fraction of sp³-hybridized carbons (Fsp3) is 0.412. The zero-order valence-electron chi connectivity index (χ0n) is 24.8. The summed E-state index contributed by atoms with van der Waals surface area (Å²) in [6.45, 7) is 1.05. The van der Waals surface area contributed by atoms with Gasteiger partial charge in [0.05, 0.1) is 12.7 Å². The molecule has 0 N–H and O–H groups in total.